The number of hydrogen-bond acceptors (Lipinski definition) is 0. The lowest BCUT2D eigenvalue weighted by Crippen LogP contribution is -1.89. The molecule has 0 aromatic heterocycles. The summed E-state index contributed by atoms with van der Waals surface area (Å²) in [5, 5.41) is 0. The van der Waals surface area contributed by atoms with Crippen LogP contribution in [-0.2, 0) is 0 Å². The summed E-state index contributed by atoms with van der Waals surface area (Å²) < 4.78 is 0. The summed E-state index contributed by atoms with van der Waals surface area (Å²) in [6.07, 6.45) is 11.1. The van der Waals surface area contributed by atoms with E-state index in [0.29, 0.717) is 0 Å². The van der Waals surface area contributed by atoms with E-state index < -0.39 is 0 Å². The molecule has 0 spiro atoms. The lowest BCUT2D eigenvalue weighted by molar-refractivity contribution is 1.39. The Labute approximate surface area is 237 Å². The quantitative estimate of drug-likeness (QED) is 0.213. The third-order valence-electron chi connectivity index (χ3n) is 8.06. The molecular weight excluding hydrogens is 480 g/mol. The molecule has 0 nitrogen and oxygen atoms in total. The van der Waals surface area contributed by atoms with Crippen LogP contribution in [0.4, 0.5) is 0 Å². The molecule has 2 aliphatic rings. The lowest BCUT2D eigenvalue weighted by Gasteiger charge is -2.11. The molecular formula is C40H30. The van der Waals surface area contributed by atoms with Gasteiger partial charge in [-0.15, -0.1) is 0 Å². The van der Waals surface area contributed by atoms with Gasteiger partial charge in [-0.1, -0.05) is 152 Å². The molecule has 0 heterocycles. The third-order valence-corrected chi connectivity index (χ3v) is 8.06. The largest absolute Gasteiger partial charge is 0.0622 e. The minimum Gasteiger partial charge on any atom is -0.0622 e. The first-order valence-electron chi connectivity index (χ1n) is 14.0. The molecule has 5 aromatic rings. The highest BCUT2D eigenvalue weighted by Gasteiger charge is 2.16. The fraction of sp³-hybridized carbons (Fsp3) is 0.0500. The summed E-state index contributed by atoms with van der Waals surface area (Å²) in [7, 11) is 0. The van der Waals surface area contributed by atoms with Crippen molar-refractivity contribution in [2.24, 2.45) is 0 Å². The Morgan fingerprint density at radius 2 is 0.550 bits per heavy atom. The first-order chi connectivity index (χ1) is 19.8. The molecule has 0 amide bonds. The molecule has 190 valence electrons. The van der Waals surface area contributed by atoms with E-state index in [1.807, 2.05) is 0 Å². The van der Waals surface area contributed by atoms with Crippen molar-refractivity contribution in [3.63, 3.8) is 0 Å². The Bertz CT molecular complexity index is 1640. The van der Waals surface area contributed by atoms with Crippen LogP contribution in [0.15, 0.2) is 158 Å². The number of benzene rings is 5. The molecule has 7 rings (SSSR count). The SMILES string of the molecule is C1=C(c2ccc(-c3ccccc3)cc2)CC(c2cccc(C3=CC=C(c4ccc(-c5ccccc5)cc4)C3)c2)=C1. The fourth-order valence-corrected chi connectivity index (χ4v) is 5.77. The van der Waals surface area contributed by atoms with Gasteiger partial charge >= 0.3 is 0 Å². The minimum absolute atomic E-state index is 0.963. The Morgan fingerprint density at radius 1 is 0.250 bits per heavy atom. The summed E-state index contributed by atoms with van der Waals surface area (Å²) in [6.45, 7) is 0. The lowest BCUT2D eigenvalue weighted by atomic mass is 9.93. The van der Waals surface area contributed by atoms with E-state index in [-0.39, 0.29) is 0 Å². The number of allylic oxidation sites excluding steroid dienone is 8. The van der Waals surface area contributed by atoms with Crippen LogP contribution in [0.2, 0.25) is 0 Å². The number of hydrogen-bond donors (Lipinski definition) is 0. The minimum atomic E-state index is 0.963. The number of rotatable bonds is 6. The van der Waals surface area contributed by atoms with Crippen molar-refractivity contribution in [2.45, 2.75) is 12.8 Å². The van der Waals surface area contributed by atoms with E-state index in [2.05, 4.69) is 158 Å². The summed E-state index contributed by atoms with van der Waals surface area (Å²) in [5.41, 5.74) is 15.8. The molecule has 5 aromatic carbocycles. The predicted molar refractivity (Wildman–Crippen MR) is 171 cm³/mol. The highest BCUT2D eigenvalue weighted by atomic mass is 14.2. The van der Waals surface area contributed by atoms with E-state index in [0.717, 1.165) is 12.8 Å². The van der Waals surface area contributed by atoms with Crippen LogP contribution < -0.4 is 0 Å². The molecule has 0 unspecified atom stereocenters. The van der Waals surface area contributed by atoms with Gasteiger partial charge in [0.05, 0.1) is 0 Å². The molecule has 0 heteroatoms. The van der Waals surface area contributed by atoms with Crippen LogP contribution in [-0.4, -0.2) is 0 Å². The summed E-state index contributed by atoms with van der Waals surface area (Å²) in [4.78, 5) is 0. The molecule has 0 saturated heterocycles. The van der Waals surface area contributed by atoms with Gasteiger partial charge in [0.15, 0.2) is 0 Å². The van der Waals surface area contributed by atoms with Gasteiger partial charge in [-0.2, -0.15) is 0 Å². The van der Waals surface area contributed by atoms with Crippen LogP contribution in [0, 0.1) is 0 Å². The highest BCUT2D eigenvalue weighted by molar-refractivity contribution is 5.90. The maximum Gasteiger partial charge on any atom is -0.00139 e. The Kier molecular flexibility index (Phi) is 6.44. The molecule has 0 atom stereocenters. The topological polar surface area (TPSA) is 0 Å². The first-order valence-corrected chi connectivity index (χ1v) is 14.0. The molecule has 40 heavy (non-hydrogen) atoms. The Hall–Kier alpha value is -4.94. The fourth-order valence-electron chi connectivity index (χ4n) is 5.77. The smallest absolute Gasteiger partial charge is 0.00139 e. The van der Waals surface area contributed by atoms with Crippen molar-refractivity contribution in [3.05, 3.63) is 180 Å². The van der Waals surface area contributed by atoms with Gasteiger partial charge in [0.1, 0.15) is 0 Å². The second-order valence-electron chi connectivity index (χ2n) is 10.6. The van der Waals surface area contributed by atoms with E-state index in [1.54, 1.807) is 0 Å². The maximum atomic E-state index is 2.36. The predicted octanol–water partition coefficient (Wildman–Crippen LogP) is 10.8. The van der Waals surface area contributed by atoms with Gasteiger partial charge in [-0.25, -0.2) is 0 Å². The van der Waals surface area contributed by atoms with Gasteiger partial charge < -0.3 is 0 Å². The Balaban J connectivity index is 1.01. The maximum absolute atomic E-state index is 2.36. The zero-order valence-corrected chi connectivity index (χ0v) is 22.4. The van der Waals surface area contributed by atoms with Crippen LogP contribution in [0.25, 0.3) is 44.5 Å². The van der Waals surface area contributed by atoms with Crippen LogP contribution in [0.5, 0.6) is 0 Å². The summed E-state index contributed by atoms with van der Waals surface area (Å²) >= 11 is 0. The van der Waals surface area contributed by atoms with Gasteiger partial charge in [0.25, 0.3) is 0 Å². The van der Waals surface area contributed by atoms with Crippen molar-refractivity contribution >= 4 is 22.3 Å². The molecule has 0 bridgehead atoms. The van der Waals surface area contributed by atoms with E-state index in [4.69, 9.17) is 0 Å². The second kappa shape index (κ2) is 10.7. The van der Waals surface area contributed by atoms with Gasteiger partial charge in [0, 0.05) is 0 Å². The summed E-state index contributed by atoms with van der Waals surface area (Å²) in [6, 6.07) is 48.1. The standard InChI is InChI=1S/C40H30/c1-3-8-29(9-4-1)31-14-18-33(19-15-31)37-22-24-39(27-37)35-12-7-13-36(26-35)40-25-23-38(28-40)34-20-16-32(17-21-34)30-10-5-2-6-11-30/h1-26H,27-28H2. The van der Waals surface area contributed by atoms with E-state index in [9.17, 15) is 0 Å². The van der Waals surface area contributed by atoms with E-state index in [1.165, 1.54) is 66.8 Å². The molecule has 0 aliphatic heterocycles. The normalized spacial score (nSPS) is 14.4. The van der Waals surface area contributed by atoms with E-state index >= 15 is 0 Å². The van der Waals surface area contributed by atoms with Crippen LogP contribution >= 0.6 is 0 Å². The van der Waals surface area contributed by atoms with Crippen molar-refractivity contribution in [2.75, 3.05) is 0 Å². The van der Waals surface area contributed by atoms with Gasteiger partial charge in [0.2, 0.25) is 0 Å². The first kappa shape index (κ1) is 24.1. The average molecular weight is 511 g/mol. The Morgan fingerprint density at radius 3 is 0.950 bits per heavy atom. The zero-order valence-electron chi connectivity index (χ0n) is 22.4. The van der Waals surface area contributed by atoms with Gasteiger partial charge in [-0.3, -0.25) is 0 Å². The molecule has 0 saturated carbocycles. The molecule has 2 aliphatic carbocycles. The van der Waals surface area contributed by atoms with Crippen molar-refractivity contribution in [1.82, 2.24) is 0 Å². The monoisotopic (exact) mass is 510 g/mol. The molecule has 0 N–H and O–H groups in total. The van der Waals surface area contributed by atoms with Crippen molar-refractivity contribution in [3.8, 4) is 22.3 Å². The second-order valence-corrected chi connectivity index (χ2v) is 10.6. The molecule has 0 radical (unpaired) electrons. The van der Waals surface area contributed by atoms with Gasteiger partial charge in [-0.05, 0) is 85.7 Å². The van der Waals surface area contributed by atoms with Crippen LogP contribution in [0.1, 0.15) is 35.1 Å². The molecule has 0 fully saturated rings. The highest BCUT2D eigenvalue weighted by Crippen LogP contribution is 2.38. The zero-order chi connectivity index (χ0) is 26.7. The average Bonchev–Trinajstić information content (AvgIpc) is 3.74. The summed E-state index contributed by atoms with van der Waals surface area (Å²) in [5.74, 6) is 0. The third kappa shape index (κ3) is 4.93. The van der Waals surface area contributed by atoms with Crippen molar-refractivity contribution < 1.29 is 0 Å². The van der Waals surface area contributed by atoms with Crippen LogP contribution in [0.3, 0.4) is 0 Å². The van der Waals surface area contributed by atoms with Crippen molar-refractivity contribution in [1.29, 1.82) is 0 Å².